The average Bonchev–Trinajstić information content (AvgIpc) is 2.63. The van der Waals surface area contributed by atoms with E-state index in [1.54, 1.807) is 12.3 Å². The molecule has 17 heavy (non-hydrogen) atoms. The van der Waals surface area contributed by atoms with Crippen molar-refractivity contribution in [2.45, 2.75) is 13.8 Å². The van der Waals surface area contributed by atoms with E-state index in [-0.39, 0.29) is 4.99 Å². The summed E-state index contributed by atoms with van der Waals surface area (Å²) in [4.78, 5) is 14.0. The Labute approximate surface area is 108 Å². The topological polar surface area (TPSA) is 76.7 Å². The monoisotopic (exact) mass is 265 g/mol. The Morgan fingerprint density at radius 1 is 1.41 bits per heavy atom. The molecule has 0 aromatic carbocycles. The zero-order chi connectivity index (χ0) is 12.4. The minimum atomic E-state index is 0.258. The second kappa shape index (κ2) is 4.72. The quantitative estimate of drug-likeness (QED) is 0.826. The van der Waals surface area contributed by atoms with E-state index >= 15 is 0 Å². The summed E-state index contributed by atoms with van der Waals surface area (Å²) in [5.41, 5.74) is 6.91. The number of aryl methyl sites for hydroxylation is 2. The first kappa shape index (κ1) is 11.9. The molecule has 2 heterocycles. The number of hydrogen-bond acceptors (Lipinski definition) is 6. The van der Waals surface area contributed by atoms with Gasteiger partial charge in [-0.15, -0.1) is 11.3 Å². The van der Waals surface area contributed by atoms with Crippen molar-refractivity contribution in [1.29, 1.82) is 0 Å². The summed E-state index contributed by atoms with van der Waals surface area (Å²) >= 11 is 6.43. The Hall–Kier alpha value is -1.60. The Bertz CT molecular complexity index is 564. The normalized spacial score (nSPS) is 10.2. The van der Waals surface area contributed by atoms with Crippen molar-refractivity contribution in [3.05, 3.63) is 28.5 Å². The van der Waals surface area contributed by atoms with E-state index in [4.69, 9.17) is 18.0 Å². The molecule has 0 aliphatic heterocycles. The van der Waals surface area contributed by atoms with Gasteiger partial charge in [0.15, 0.2) is 5.13 Å². The van der Waals surface area contributed by atoms with Gasteiger partial charge in [0.25, 0.3) is 0 Å². The predicted molar refractivity (Wildman–Crippen MR) is 72.8 cm³/mol. The second-order valence-electron chi connectivity index (χ2n) is 3.48. The molecular weight excluding hydrogens is 254 g/mol. The first-order valence-corrected chi connectivity index (χ1v) is 6.12. The summed E-state index contributed by atoms with van der Waals surface area (Å²) in [7, 11) is 0. The van der Waals surface area contributed by atoms with E-state index in [1.165, 1.54) is 11.3 Å². The molecule has 2 aromatic heterocycles. The Kier molecular flexibility index (Phi) is 3.30. The third-order valence-electron chi connectivity index (χ3n) is 1.95. The third kappa shape index (κ3) is 2.95. The molecular formula is C10H11N5S2. The van der Waals surface area contributed by atoms with E-state index < -0.39 is 0 Å². The molecule has 88 valence electrons. The van der Waals surface area contributed by atoms with Gasteiger partial charge in [-0.2, -0.15) is 0 Å². The summed E-state index contributed by atoms with van der Waals surface area (Å²) < 4.78 is 0. The standard InChI is InChI=1S/C10H11N5S2/c1-5-3-7(8(11)16)14-9(13-5)15-10-12-4-6(2)17-10/h3-4H,1-2H3,(H2,11,16)(H,12,13,14,15). The average molecular weight is 265 g/mol. The highest BCUT2D eigenvalue weighted by Crippen LogP contribution is 2.19. The highest BCUT2D eigenvalue weighted by atomic mass is 32.1. The van der Waals surface area contributed by atoms with Crippen LogP contribution in [-0.4, -0.2) is 19.9 Å². The predicted octanol–water partition coefficient (Wildman–Crippen LogP) is 1.93. The van der Waals surface area contributed by atoms with Crippen molar-refractivity contribution in [2.75, 3.05) is 5.32 Å². The van der Waals surface area contributed by atoms with Crippen molar-refractivity contribution >= 4 is 39.6 Å². The molecule has 7 heteroatoms. The van der Waals surface area contributed by atoms with Gasteiger partial charge in [0.1, 0.15) is 10.7 Å². The van der Waals surface area contributed by atoms with Crippen LogP contribution in [0.4, 0.5) is 11.1 Å². The SMILES string of the molecule is Cc1cc(C(N)=S)nc(Nc2ncc(C)s2)n1. The zero-order valence-corrected chi connectivity index (χ0v) is 11.0. The van der Waals surface area contributed by atoms with Crippen LogP contribution in [0, 0.1) is 13.8 Å². The molecule has 0 fully saturated rings. The van der Waals surface area contributed by atoms with E-state index in [1.807, 2.05) is 13.8 Å². The van der Waals surface area contributed by atoms with Gasteiger partial charge in [-0.05, 0) is 19.9 Å². The smallest absolute Gasteiger partial charge is 0.229 e. The second-order valence-corrected chi connectivity index (χ2v) is 5.16. The number of nitrogens with one attached hydrogen (secondary N) is 1. The van der Waals surface area contributed by atoms with E-state index in [0.717, 1.165) is 15.7 Å². The first-order chi connectivity index (χ1) is 8.04. The maximum absolute atomic E-state index is 5.55. The Morgan fingerprint density at radius 3 is 2.76 bits per heavy atom. The molecule has 0 saturated heterocycles. The maximum atomic E-state index is 5.55. The summed E-state index contributed by atoms with van der Waals surface area (Å²) in [6.45, 7) is 3.85. The number of hydrogen-bond donors (Lipinski definition) is 2. The van der Waals surface area contributed by atoms with Crippen LogP contribution >= 0.6 is 23.6 Å². The molecule has 0 bridgehead atoms. The van der Waals surface area contributed by atoms with Crippen molar-refractivity contribution in [3.63, 3.8) is 0 Å². The molecule has 0 atom stereocenters. The number of thiazole rings is 1. The minimum absolute atomic E-state index is 0.258. The summed E-state index contributed by atoms with van der Waals surface area (Å²) in [5, 5.41) is 3.78. The minimum Gasteiger partial charge on any atom is -0.388 e. The lowest BCUT2D eigenvalue weighted by molar-refractivity contribution is 1.09. The highest BCUT2D eigenvalue weighted by Gasteiger charge is 2.06. The van der Waals surface area contributed by atoms with E-state index in [2.05, 4.69) is 20.3 Å². The van der Waals surface area contributed by atoms with Crippen LogP contribution in [-0.2, 0) is 0 Å². The molecule has 3 N–H and O–H groups in total. The van der Waals surface area contributed by atoms with Crippen molar-refractivity contribution < 1.29 is 0 Å². The van der Waals surface area contributed by atoms with Crippen LogP contribution < -0.4 is 11.1 Å². The van der Waals surface area contributed by atoms with Gasteiger partial charge in [-0.1, -0.05) is 12.2 Å². The van der Waals surface area contributed by atoms with Crippen molar-refractivity contribution in [3.8, 4) is 0 Å². The first-order valence-electron chi connectivity index (χ1n) is 4.89. The lowest BCUT2D eigenvalue weighted by Crippen LogP contribution is -2.13. The van der Waals surface area contributed by atoms with Crippen LogP contribution in [0.3, 0.4) is 0 Å². The van der Waals surface area contributed by atoms with Crippen LogP contribution in [0.25, 0.3) is 0 Å². The molecule has 0 radical (unpaired) electrons. The molecule has 5 nitrogen and oxygen atoms in total. The van der Waals surface area contributed by atoms with E-state index in [0.29, 0.717) is 11.6 Å². The van der Waals surface area contributed by atoms with Gasteiger partial charge < -0.3 is 11.1 Å². The maximum Gasteiger partial charge on any atom is 0.229 e. The molecule has 0 amide bonds. The molecule has 0 aliphatic rings. The summed E-state index contributed by atoms with van der Waals surface area (Å²) in [6.07, 6.45) is 1.79. The van der Waals surface area contributed by atoms with Crippen LogP contribution in [0.1, 0.15) is 16.3 Å². The lowest BCUT2D eigenvalue weighted by Gasteiger charge is -2.04. The van der Waals surface area contributed by atoms with Gasteiger partial charge in [-0.25, -0.2) is 15.0 Å². The zero-order valence-electron chi connectivity index (χ0n) is 9.39. The largest absolute Gasteiger partial charge is 0.388 e. The number of aromatic nitrogens is 3. The number of anilines is 2. The number of thiocarbonyl (C=S) groups is 1. The van der Waals surface area contributed by atoms with E-state index in [9.17, 15) is 0 Å². The molecule has 0 saturated carbocycles. The van der Waals surface area contributed by atoms with Crippen LogP contribution in [0.5, 0.6) is 0 Å². The van der Waals surface area contributed by atoms with Gasteiger partial charge in [0, 0.05) is 16.8 Å². The fourth-order valence-corrected chi connectivity index (χ4v) is 2.02. The van der Waals surface area contributed by atoms with Gasteiger partial charge in [-0.3, -0.25) is 0 Å². The molecule has 0 spiro atoms. The van der Waals surface area contributed by atoms with Crippen molar-refractivity contribution in [1.82, 2.24) is 15.0 Å². The number of nitrogens with zero attached hydrogens (tertiary/aromatic N) is 3. The lowest BCUT2D eigenvalue weighted by atomic mass is 10.3. The Morgan fingerprint density at radius 2 is 2.18 bits per heavy atom. The van der Waals surface area contributed by atoms with Crippen LogP contribution in [0.2, 0.25) is 0 Å². The summed E-state index contributed by atoms with van der Waals surface area (Å²) in [5.74, 6) is 0.460. The third-order valence-corrected chi connectivity index (χ3v) is 2.98. The summed E-state index contributed by atoms with van der Waals surface area (Å²) in [6, 6.07) is 1.75. The molecule has 0 unspecified atom stereocenters. The van der Waals surface area contributed by atoms with Gasteiger partial charge in [0.2, 0.25) is 5.95 Å². The highest BCUT2D eigenvalue weighted by molar-refractivity contribution is 7.80. The number of nitrogens with two attached hydrogens (primary N) is 1. The Balaban J connectivity index is 2.29. The fraction of sp³-hybridized carbons (Fsp3) is 0.200. The molecule has 2 aromatic rings. The number of rotatable bonds is 3. The van der Waals surface area contributed by atoms with Gasteiger partial charge in [0.05, 0.1) is 0 Å². The molecule has 0 aliphatic carbocycles. The fourth-order valence-electron chi connectivity index (χ4n) is 1.26. The molecule has 2 rings (SSSR count). The van der Waals surface area contributed by atoms with Crippen molar-refractivity contribution in [2.24, 2.45) is 5.73 Å². The van der Waals surface area contributed by atoms with Crippen LogP contribution in [0.15, 0.2) is 12.3 Å². The van der Waals surface area contributed by atoms with Gasteiger partial charge >= 0.3 is 0 Å².